The van der Waals surface area contributed by atoms with Crippen LogP contribution in [0.2, 0.25) is 0 Å². The molecule has 0 aromatic carbocycles. The minimum atomic E-state index is -0.0858. The zero-order valence-electron chi connectivity index (χ0n) is 11.2. The topological polar surface area (TPSA) is 53.9 Å². The van der Waals surface area contributed by atoms with E-state index in [4.69, 9.17) is 0 Å². The normalized spacial score (nSPS) is 20.7. The molecule has 18 heavy (non-hydrogen) atoms. The van der Waals surface area contributed by atoms with E-state index in [-0.39, 0.29) is 5.69 Å². The molecule has 2 rings (SSSR count). The third-order valence-corrected chi connectivity index (χ3v) is 4.53. The first-order valence-corrected chi connectivity index (χ1v) is 7.69. The molecule has 1 aromatic rings. The fourth-order valence-electron chi connectivity index (χ4n) is 2.46. The second-order valence-electron chi connectivity index (χ2n) is 4.88. The maximum atomic E-state index is 11.5. The van der Waals surface area contributed by atoms with Gasteiger partial charge in [-0.15, -0.1) is 5.10 Å². The van der Waals surface area contributed by atoms with Crippen molar-refractivity contribution in [3.8, 4) is 0 Å². The number of nitrogens with zero attached hydrogens (tertiary/aromatic N) is 3. The van der Waals surface area contributed by atoms with E-state index in [1.165, 1.54) is 25.8 Å². The highest BCUT2D eigenvalue weighted by Crippen LogP contribution is 2.22. The number of aromatic nitrogens is 3. The Morgan fingerprint density at radius 1 is 1.56 bits per heavy atom. The zero-order valence-corrected chi connectivity index (χ0v) is 12.0. The van der Waals surface area contributed by atoms with Crippen molar-refractivity contribution < 1.29 is 0 Å². The van der Waals surface area contributed by atoms with Gasteiger partial charge in [-0.25, -0.2) is 9.89 Å². The van der Waals surface area contributed by atoms with Gasteiger partial charge in [0.2, 0.25) is 0 Å². The Kier molecular flexibility index (Phi) is 4.88. The summed E-state index contributed by atoms with van der Waals surface area (Å²) in [6, 6.07) is 0.711. The van der Waals surface area contributed by atoms with Crippen LogP contribution in [0.3, 0.4) is 0 Å². The van der Waals surface area contributed by atoms with Gasteiger partial charge in [0.25, 0.3) is 0 Å². The number of nitrogens with one attached hydrogen (secondary N) is 1. The van der Waals surface area contributed by atoms with E-state index in [2.05, 4.69) is 29.1 Å². The average Bonchev–Trinajstić information content (AvgIpc) is 2.90. The third kappa shape index (κ3) is 3.17. The Labute approximate surface area is 112 Å². The fourth-order valence-corrected chi connectivity index (χ4v) is 3.48. The summed E-state index contributed by atoms with van der Waals surface area (Å²) in [6.07, 6.45) is 4.75. The third-order valence-electron chi connectivity index (χ3n) is 3.52. The van der Waals surface area contributed by atoms with Gasteiger partial charge in [0.15, 0.2) is 5.16 Å². The van der Waals surface area contributed by atoms with Crippen LogP contribution in [0.5, 0.6) is 0 Å². The summed E-state index contributed by atoms with van der Waals surface area (Å²) in [6.45, 7) is 4.04. The number of thioether (sulfide) groups is 1. The van der Waals surface area contributed by atoms with Crippen LogP contribution in [-0.4, -0.2) is 45.1 Å². The van der Waals surface area contributed by atoms with E-state index in [9.17, 15) is 4.79 Å². The molecule has 1 aromatic heterocycles. The zero-order chi connectivity index (χ0) is 13.0. The summed E-state index contributed by atoms with van der Waals surface area (Å²) < 4.78 is 1.74. The van der Waals surface area contributed by atoms with Crippen LogP contribution in [0.15, 0.2) is 9.95 Å². The first kappa shape index (κ1) is 13.7. The first-order chi connectivity index (χ1) is 8.72. The van der Waals surface area contributed by atoms with Crippen LogP contribution < -0.4 is 5.69 Å². The molecule has 0 aliphatic carbocycles. The number of likely N-dealkylation sites (tertiary alicyclic amines) is 1. The molecule has 2 heterocycles. The van der Waals surface area contributed by atoms with Gasteiger partial charge >= 0.3 is 5.69 Å². The lowest BCUT2D eigenvalue weighted by Crippen LogP contribution is -2.25. The van der Waals surface area contributed by atoms with E-state index in [1.807, 2.05) is 0 Å². The highest BCUT2D eigenvalue weighted by atomic mass is 32.2. The summed E-state index contributed by atoms with van der Waals surface area (Å²) in [5, 5.41) is 7.46. The number of aromatic amines is 1. The predicted molar refractivity (Wildman–Crippen MR) is 74.1 cm³/mol. The molecule has 102 valence electrons. The van der Waals surface area contributed by atoms with Crippen LogP contribution in [0.25, 0.3) is 0 Å². The summed E-state index contributed by atoms with van der Waals surface area (Å²) >= 11 is 1.69. The highest BCUT2D eigenvalue weighted by Gasteiger charge is 2.20. The monoisotopic (exact) mass is 270 g/mol. The maximum absolute atomic E-state index is 11.5. The summed E-state index contributed by atoms with van der Waals surface area (Å²) in [5.74, 6) is 1.03. The molecule has 1 atom stereocenters. The summed E-state index contributed by atoms with van der Waals surface area (Å²) in [7, 11) is 2.20. The Bertz CT molecular complexity index is 428. The molecule has 0 saturated carbocycles. The lowest BCUT2D eigenvalue weighted by atomic mass is 10.2. The van der Waals surface area contributed by atoms with Crippen molar-refractivity contribution in [3.05, 3.63) is 10.5 Å². The molecule has 1 fully saturated rings. The van der Waals surface area contributed by atoms with Gasteiger partial charge in [-0.3, -0.25) is 4.57 Å². The standard InChI is InChI=1S/C12H22N4OS/c1-3-7-16-11(17)13-14-12(16)18-9-6-10-5-4-8-15(10)2/h10H,3-9H2,1-2H3,(H,13,17)/t10-/m1/s1. The van der Waals surface area contributed by atoms with Gasteiger partial charge in [0.1, 0.15) is 0 Å². The van der Waals surface area contributed by atoms with E-state index in [0.29, 0.717) is 6.04 Å². The van der Waals surface area contributed by atoms with Crippen molar-refractivity contribution in [1.29, 1.82) is 0 Å². The molecule has 1 N–H and O–H groups in total. The molecule has 0 spiro atoms. The van der Waals surface area contributed by atoms with E-state index >= 15 is 0 Å². The molecule has 0 amide bonds. The molecular formula is C12H22N4OS. The minimum absolute atomic E-state index is 0.0858. The number of rotatable bonds is 6. The van der Waals surface area contributed by atoms with Crippen LogP contribution in [0.4, 0.5) is 0 Å². The van der Waals surface area contributed by atoms with Crippen molar-refractivity contribution in [1.82, 2.24) is 19.7 Å². The molecule has 0 radical (unpaired) electrons. The molecule has 0 bridgehead atoms. The SMILES string of the molecule is CCCn1c(SCC[C@H]2CCCN2C)n[nH]c1=O. The molecule has 0 unspecified atom stereocenters. The van der Waals surface area contributed by atoms with Crippen LogP contribution in [0, 0.1) is 0 Å². The summed E-state index contributed by atoms with van der Waals surface area (Å²) in [5.41, 5.74) is -0.0858. The van der Waals surface area contributed by atoms with Crippen LogP contribution >= 0.6 is 11.8 Å². The Balaban J connectivity index is 1.84. The molecule has 5 nitrogen and oxygen atoms in total. The van der Waals surface area contributed by atoms with Crippen LogP contribution in [-0.2, 0) is 6.54 Å². The Morgan fingerprint density at radius 3 is 3.06 bits per heavy atom. The Hall–Kier alpha value is -0.750. The fraction of sp³-hybridized carbons (Fsp3) is 0.833. The quantitative estimate of drug-likeness (QED) is 0.797. The lowest BCUT2D eigenvalue weighted by molar-refractivity contribution is 0.305. The van der Waals surface area contributed by atoms with Crippen LogP contribution in [0.1, 0.15) is 32.6 Å². The Morgan fingerprint density at radius 2 is 2.39 bits per heavy atom. The molecule has 1 saturated heterocycles. The van der Waals surface area contributed by atoms with E-state index in [1.54, 1.807) is 16.3 Å². The summed E-state index contributed by atoms with van der Waals surface area (Å²) in [4.78, 5) is 14.0. The van der Waals surface area contributed by atoms with Crippen molar-refractivity contribution >= 4 is 11.8 Å². The number of hydrogen-bond acceptors (Lipinski definition) is 4. The van der Waals surface area contributed by atoms with Gasteiger partial charge in [-0.05, 0) is 39.3 Å². The van der Waals surface area contributed by atoms with E-state index < -0.39 is 0 Å². The van der Waals surface area contributed by atoms with Gasteiger partial charge < -0.3 is 4.90 Å². The second-order valence-corrected chi connectivity index (χ2v) is 5.94. The average molecular weight is 270 g/mol. The van der Waals surface area contributed by atoms with Crippen molar-refractivity contribution in [2.45, 2.75) is 50.4 Å². The molecule has 1 aliphatic rings. The first-order valence-electron chi connectivity index (χ1n) is 6.70. The lowest BCUT2D eigenvalue weighted by Gasteiger charge is -2.18. The van der Waals surface area contributed by atoms with Gasteiger partial charge in [-0.1, -0.05) is 18.7 Å². The predicted octanol–water partition coefficient (Wildman–Crippen LogP) is 1.56. The smallest absolute Gasteiger partial charge is 0.303 e. The minimum Gasteiger partial charge on any atom is -0.303 e. The number of hydrogen-bond donors (Lipinski definition) is 1. The molecular weight excluding hydrogens is 248 g/mol. The van der Waals surface area contributed by atoms with Gasteiger partial charge in [0, 0.05) is 18.3 Å². The highest BCUT2D eigenvalue weighted by molar-refractivity contribution is 7.99. The molecule has 1 aliphatic heterocycles. The molecule has 6 heteroatoms. The number of H-pyrrole nitrogens is 1. The van der Waals surface area contributed by atoms with Crippen molar-refractivity contribution in [2.24, 2.45) is 0 Å². The van der Waals surface area contributed by atoms with Gasteiger partial charge in [-0.2, -0.15) is 0 Å². The second kappa shape index (κ2) is 6.43. The maximum Gasteiger partial charge on any atom is 0.343 e. The largest absolute Gasteiger partial charge is 0.343 e. The van der Waals surface area contributed by atoms with E-state index in [0.717, 1.165) is 23.9 Å². The van der Waals surface area contributed by atoms with Gasteiger partial charge in [0.05, 0.1) is 0 Å². The van der Waals surface area contributed by atoms with Crippen molar-refractivity contribution in [3.63, 3.8) is 0 Å². The van der Waals surface area contributed by atoms with Crippen molar-refractivity contribution in [2.75, 3.05) is 19.3 Å².